The number of amides is 3. The van der Waals surface area contributed by atoms with Crippen LogP contribution in [-0.2, 0) is 9.59 Å². The molecule has 2 aromatic carbocycles. The summed E-state index contributed by atoms with van der Waals surface area (Å²) in [6, 6.07) is 16.8. The van der Waals surface area contributed by atoms with Crippen molar-refractivity contribution >= 4 is 40.1 Å². The first-order chi connectivity index (χ1) is 15.9. The zero-order chi connectivity index (χ0) is 23.5. The first kappa shape index (κ1) is 22.3. The highest BCUT2D eigenvalue weighted by atomic mass is 32.2. The molecule has 1 aliphatic heterocycles. The minimum absolute atomic E-state index is 0.0153. The van der Waals surface area contributed by atoms with Crippen molar-refractivity contribution in [2.75, 3.05) is 19.0 Å². The van der Waals surface area contributed by atoms with E-state index in [1.165, 1.54) is 18.2 Å². The maximum Gasteiger partial charge on any atom is 0.294 e. The number of benzene rings is 2. The van der Waals surface area contributed by atoms with Gasteiger partial charge in [-0.3, -0.25) is 19.3 Å². The number of carbonyl (C=O) groups is 3. The third-order valence-electron chi connectivity index (χ3n) is 5.12. The Morgan fingerprint density at radius 3 is 2.48 bits per heavy atom. The Hall–Kier alpha value is -3.85. The third-order valence-corrected chi connectivity index (χ3v) is 6.20. The second kappa shape index (κ2) is 9.33. The van der Waals surface area contributed by atoms with Crippen molar-refractivity contribution < 1.29 is 23.5 Å². The second-order valence-electron chi connectivity index (χ2n) is 7.20. The fourth-order valence-corrected chi connectivity index (χ4v) is 4.32. The molecule has 0 unspecified atom stereocenters. The molecule has 1 fully saturated rings. The van der Waals surface area contributed by atoms with Gasteiger partial charge in [-0.05, 0) is 72.8 Å². The summed E-state index contributed by atoms with van der Waals surface area (Å²) in [7, 11) is 1.59. The van der Waals surface area contributed by atoms with E-state index in [0.29, 0.717) is 5.57 Å². The normalized spacial score (nSPS) is 15.1. The Labute approximate surface area is 193 Å². The summed E-state index contributed by atoms with van der Waals surface area (Å²) < 4.78 is 20.9. The van der Waals surface area contributed by atoms with Gasteiger partial charge < -0.3 is 14.6 Å². The van der Waals surface area contributed by atoms with E-state index in [-0.39, 0.29) is 10.6 Å². The van der Waals surface area contributed by atoms with Gasteiger partial charge >= 0.3 is 0 Å². The van der Waals surface area contributed by atoms with Gasteiger partial charge in [-0.15, -0.1) is 0 Å². The zero-order valence-corrected chi connectivity index (χ0v) is 18.7. The number of thioether (sulfide) groups is 1. The number of hydrogen-bond acceptors (Lipinski definition) is 5. The molecule has 1 saturated heterocycles. The second-order valence-corrected chi connectivity index (χ2v) is 8.16. The molecular formula is C24H20FN3O4S. The van der Waals surface area contributed by atoms with E-state index in [9.17, 15) is 18.8 Å². The molecule has 1 aromatic heterocycles. The predicted octanol–water partition coefficient (Wildman–Crippen LogP) is 4.69. The van der Waals surface area contributed by atoms with Crippen LogP contribution < -0.4 is 10.1 Å². The molecule has 2 heterocycles. The van der Waals surface area contributed by atoms with E-state index < -0.39 is 29.4 Å². The van der Waals surface area contributed by atoms with Crippen molar-refractivity contribution in [1.29, 1.82) is 0 Å². The maximum absolute atomic E-state index is 13.8. The Morgan fingerprint density at radius 1 is 1.06 bits per heavy atom. The molecular weight excluding hydrogens is 445 g/mol. The first-order valence-corrected chi connectivity index (χ1v) is 10.8. The highest BCUT2D eigenvalue weighted by Crippen LogP contribution is 2.37. The van der Waals surface area contributed by atoms with Crippen molar-refractivity contribution in [3.8, 4) is 11.4 Å². The lowest BCUT2D eigenvalue weighted by atomic mass is 10.2. The van der Waals surface area contributed by atoms with E-state index in [1.807, 2.05) is 47.2 Å². The number of rotatable bonds is 6. The average molecular weight is 466 g/mol. The van der Waals surface area contributed by atoms with Gasteiger partial charge in [-0.25, -0.2) is 4.39 Å². The van der Waals surface area contributed by atoms with Crippen LogP contribution in [0.3, 0.4) is 0 Å². The van der Waals surface area contributed by atoms with Crippen LogP contribution in [0.4, 0.5) is 14.9 Å². The number of imide groups is 1. The molecule has 7 nitrogen and oxygen atoms in total. The minimum atomic E-state index is -0.664. The van der Waals surface area contributed by atoms with Crippen molar-refractivity contribution in [1.82, 2.24) is 9.47 Å². The van der Waals surface area contributed by atoms with Gasteiger partial charge in [0.2, 0.25) is 5.91 Å². The molecule has 33 heavy (non-hydrogen) atoms. The summed E-state index contributed by atoms with van der Waals surface area (Å²) in [6.07, 6.45) is 1.85. The molecule has 1 N–H and O–H groups in total. The molecule has 168 valence electrons. The topological polar surface area (TPSA) is 80.6 Å². The van der Waals surface area contributed by atoms with E-state index in [2.05, 4.69) is 5.32 Å². The van der Waals surface area contributed by atoms with Crippen LogP contribution in [0, 0.1) is 5.82 Å². The van der Waals surface area contributed by atoms with Crippen molar-refractivity contribution in [3.05, 3.63) is 83.3 Å². The number of anilines is 1. The SMILES string of the molecule is COc1ccc(-n2cccc2C(C)=C2SC(=O)N(CC(=O)Nc3ccccc3F)C2=O)cc1. The Kier molecular flexibility index (Phi) is 6.32. The van der Waals surface area contributed by atoms with Crippen LogP contribution in [0.1, 0.15) is 12.6 Å². The minimum Gasteiger partial charge on any atom is -0.497 e. The lowest BCUT2D eigenvalue weighted by molar-refractivity contribution is -0.127. The molecule has 1 aliphatic rings. The Bertz CT molecular complexity index is 1270. The van der Waals surface area contributed by atoms with Crippen LogP contribution in [0.15, 0.2) is 71.8 Å². The number of methoxy groups -OCH3 is 1. The van der Waals surface area contributed by atoms with Crippen LogP contribution in [0.2, 0.25) is 0 Å². The number of nitrogens with one attached hydrogen (secondary N) is 1. The van der Waals surface area contributed by atoms with Crippen LogP contribution >= 0.6 is 11.8 Å². The summed E-state index contributed by atoms with van der Waals surface area (Å²) in [5, 5.41) is 1.84. The van der Waals surface area contributed by atoms with Gasteiger partial charge in [0.1, 0.15) is 18.1 Å². The molecule has 0 aliphatic carbocycles. The van der Waals surface area contributed by atoms with Crippen molar-refractivity contribution in [2.24, 2.45) is 0 Å². The molecule has 9 heteroatoms. The molecule has 4 rings (SSSR count). The number of carbonyl (C=O) groups excluding carboxylic acids is 3. The maximum atomic E-state index is 13.8. The van der Waals surface area contributed by atoms with E-state index in [4.69, 9.17) is 4.74 Å². The van der Waals surface area contributed by atoms with Gasteiger partial charge in [0.05, 0.1) is 17.7 Å². The quantitative estimate of drug-likeness (QED) is 0.534. The fraction of sp³-hybridized carbons (Fsp3) is 0.125. The molecule has 0 bridgehead atoms. The van der Waals surface area contributed by atoms with Crippen LogP contribution in [-0.4, -0.2) is 40.2 Å². The standard InChI is InChI=1S/C24H20FN3O4S/c1-15(20-8-5-13-27(20)16-9-11-17(32-2)12-10-16)22-23(30)28(24(31)33-22)14-21(29)26-19-7-4-3-6-18(19)25/h3-13H,14H2,1-2H3,(H,26,29). The van der Waals surface area contributed by atoms with Gasteiger partial charge in [0.25, 0.3) is 11.1 Å². The van der Waals surface area contributed by atoms with E-state index >= 15 is 0 Å². The highest BCUT2D eigenvalue weighted by molar-refractivity contribution is 8.18. The first-order valence-electron chi connectivity index (χ1n) is 10.00. The number of aromatic nitrogens is 1. The number of nitrogens with zero attached hydrogens (tertiary/aromatic N) is 2. The molecule has 0 atom stereocenters. The van der Waals surface area contributed by atoms with Crippen LogP contribution in [0.5, 0.6) is 5.75 Å². The van der Waals surface area contributed by atoms with Gasteiger partial charge in [-0.1, -0.05) is 12.1 Å². The summed E-state index contributed by atoms with van der Waals surface area (Å²) in [5.74, 6) is -1.11. The smallest absolute Gasteiger partial charge is 0.294 e. The predicted molar refractivity (Wildman–Crippen MR) is 125 cm³/mol. The monoisotopic (exact) mass is 465 g/mol. The van der Waals surface area contributed by atoms with Gasteiger partial charge in [-0.2, -0.15) is 0 Å². The largest absolute Gasteiger partial charge is 0.497 e. The van der Waals surface area contributed by atoms with Crippen molar-refractivity contribution in [3.63, 3.8) is 0 Å². The Morgan fingerprint density at radius 2 is 1.79 bits per heavy atom. The van der Waals surface area contributed by atoms with Gasteiger partial charge in [0, 0.05) is 17.6 Å². The summed E-state index contributed by atoms with van der Waals surface area (Å²) in [4.78, 5) is 38.9. The fourth-order valence-electron chi connectivity index (χ4n) is 3.43. The number of hydrogen-bond donors (Lipinski definition) is 1. The van der Waals surface area contributed by atoms with E-state index in [1.54, 1.807) is 20.1 Å². The molecule has 3 aromatic rings. The highest BCUT2D eigenvalue weighted by Gasteiger charge is 2.38. The Balaban J connectivity index is 1.55. The van der Waals surface area contributed by atoms with Gasteiger partial charge in [0.15, 0.2) is 0 Å². The summed E-state index contributed by atoms with van der Waals surface area (Å²) >= 11 is 0.779. The number of allylic oxidation sites excluding steroid dienone is 1. The lowest BCUT2D eigenvalue weighted by Crippen LogP contribution is -2.36. The number of ether oxygens (including phenoxy) is 1. The summed E-state index contributed by atoms with van der Waals surface area (Å²) in [6.45, 7) is 1.25. The molecule has 0 saturated carbocycles. The zero-order valence-electron chi connectivity index (χ0n) is 17.9. The number of para-hydroxylation sites is 1. The molecule has 0 radical (unpaired) electrons. The third kappa shape index (κ3) is 4.54. The lowest BCUT2D eigenvalue weighted by Gasteiger charge is -2.14. The summed E-state index contributed by atoms with van der Waals surface area (Å²) in [5.41, 5.74) is 2.19. The van der Waals surface area contributed by atoms with Crippen molar-refractivity contribution in [2.45, 2.75) is 6.92 Å². The average Bonchev–Trinajstić information content (AvgIpc) is 3.41. The molecule has 0 spiro atoms. The van der Waals surface area contributed by atoms with E-state index in [0.717, 1.165) is 33.8 Å². The van der Waals surface area contributed by atoms with Crippen LogP contribution in [0.25, 0.3) is 11.3 Å². The number of halogens is 1. The molecule has 3 amide bonds.